The molecule has 1 aromatic heterocycles. The molecule has 0 radical (unpaired) electrons. The highest BCUT2D eigenvalue weighted by Crippen LogP contribution is 2.19. The molecule has 122 valence electrons. The SMILES string of the molecule is Cc1cccc(OCC(=O)OCC(=O)c2cc3ccccc3o2)c1. The first-order valence-corrected chi connectivity index (χ1v) is 7.49. The van der Waals surface area contributed by atoms with Gasteiger partial charge in [-0.1, -0.05) is 30.3 Å². The Morgan fingerprint density at radius 2 is 1.83 bits per heavy atom. The molecule has 0 aliphatic carbocycles. The normalized spacial score (nSPS) is 10.5. The third-order valence-electron chi connectivity index (χ3n) is 3.41. The zero-order chi connectivity index (χ0) is 16.9. The van der Waals surface area contributed by atoms with Gasteiger partial charge in [0.1, 0.15) is 11.3 Å². The number of para-hydroxylation sites is 1. The van der Waals surface area contributed by atoms with Crippen LogP contribution in [0.3, 0.4) is 0 Å². The summed E-state index contributed by atoms with van der Waals surface area (Å²) >= 11 is 0. The summed E-state index contributed by atoms with van der Waals surface area (Å²) in [6.07, 6.45) is 0. The van der Waals surface area contributed by atoms with E-state index >= 15 is 0 Å². The fraction of sp³-hybridized carbons (Fsp3) is 0.158. The average molecular weight is 324 g/mol. The van der Waals surface area contributed by atoms with Crippen molar-refractivity contribution in [2.24, 2.45) is 0 Å². The van der Waals surface area contributed by atoms with Gasteiger partial charge in [0.25, 0.3) is 0 Å². The summed E-state index contributed by atoms with van der Waals surface area (Å²) in [5.41, 5.74) is 1.65. The molecule has 5 heteroatoms. The lowest BCUT2D eigenvalue weighted by molar-refractivity contribution is -0.144. The van der Waals surface area contributed by atoms with Crippen LogP contribution < -0.4 is 4.74 Å². The molecule has 3 rings (SSSR count). The van der Waals surface area contributed by atoms with Crippen LogP contribution in [0.2, 0.25) is 0 Å². The second kappa shape index (κ2) is 7.00. The minimum atomic E-state index is -0.610. The molecule has 0 unspecified atom stereocenters. The van der Waals surface area contributed by atoms with Crippen LogP contribution in [0.25, 0.3) is 11.0 Å². The van der Waals surface area contributed by atoms with E-state index in [0.29, 0.717) is 11.3 Å². The quantitative estimate of drug-likeness (QED) is 0.512. The van der Waals surface area contributed by atoms with E-state index in [1.165, 1.54) is 0 Å². The van der Waals surface area contributed by atoms with E-state index in [4.69, 9.17) is 13.9 Å². The van der Waals surface area contributed by atoms with Gasteiger partial charge in [-0.05, 0) is 36.8 Å². The Balaban J connectivity index is 1.51. The predicted molar refractivity (Wildman–Crippen MR) is 88.2 cm³/mol. The van der Waals surface area contributed by atoms with Crippen molar-refractivity contribution in [2.75, 3.05) is 13.2 Å². The molecule has 2 aromatic carbocycles. The first-order chi connectivity index (χ1) is 11.6. The van der Waals surface area contributed by atoms with E-state index in [1.807, 2.05) is 43.3 Å². The second-order valence-electron chi connectivity index (χ2n) is 5.34. The third-order valence-corrected chi connectivity index (χ3v) is 3.41. The lowest BCUT2D eigenvalue weighted by Crippen LogP contribution is -2.19. The third kappa shape index (κ3) is 3.81. The predicted octanol–water partition coefficient (Wildman–Crippen LogP) is 3.55. The molecule has 5 nitrogen and oxygen atoms in total. The molecule has 0 aliphatic heterocycles. The van der Waals surface area contributed by atoms with Gasteiger partial charge in [-0.25, -0.2) is 4.79 Å². The average Bonchev–Trinajstić information content (AvgIpc) is 3.02. The molecule has 0 amide bonds. The molecule has 0 spiro atoms. The van der Waals surface area contributed by atoms with Crippen molar-refractivity contribution < 1.29 is 23.5 Å². The molecular weight excluding hydrogens is 308 g/mol. The molecule has 0 bridgehead atoms. The molecular formula is C19H16O5. The number of hydrogen-bond acceptors (Lipinski definition) is 5. The number of hydrogen-bond donors (Lipinski definition) is 0. The van der Waals surface area contributed by atoms with Gasteiger partial charge in [0.2, 0.25) is 5.78 Å². The Labute approximate surface area is 138 Å². The second-order valence-corrected chi connectivity index (χ2v) is 5.34. The van der Waals surface area contributed by atoms with Crippen LogP contribution in [0, 0.1) is 6.92 Å². The molecule has 24 heavy (non-hydrogen) atoms. The van der Waals surface area contributed by atoms with Crippen molar-refractivity contribution in [2.45, 2.75) is 6.92 Å². The zero-order valence-electron chi connectivity index (χ0n) is 13.2. The van der Waals surface area contributed by atoms with Crippen LogP contribution in [0.4, 0.5) is 0 Å². The summed E-state index contributed by atoms with van der Waals surface area (Å²) in [7, 11) is 0. The maximum absolute atomic E-state index is 12.0. The first kappa shape index (κ1) is 15.8. The topological polar surface area (TPSA) is 65.7 Å². The van der Waals surface area contributed by atoms with Gasteiger partial charge >= 0.3 is 5.97 Å². The number of carbonyl (C=O) groups is 2. The zero-order valence-corrected chi connectivity index (χ0v) is 13.2. The molecule has 0 fully saturated rings. The standard InChI is InChI=1S/C19H16O5/c1-13-5-4-7-15(9-13)22-12-19(21)23-11-16(20)18-10-14-6-2-3-8-17(14)24-18/h2-10H,11-12H2,1H3. The molecule has 1 heterocycles. The number of aryl methyl sites for hydroxylation is 1. The summed E-state index contributed by atoms with van der Waals surface area (Å²) in [6, 6.07) is 16.3. The number of carbonyl (C=O) groups excluding carboxylic acids is 2. The number of fused-ring (bicyclic) bond motifs is 1. The molecule has 0 saturated carbocycles. The Kier molecular flexibility index (Phi) is 4.61. The fourth-order valence-corrected chi connectivity index (χ4v) is 2.23. The smallest absolute Gasteiger partial charge is 0.344 e. The van der Waals surface area contributed by atoms with Gasteiger partial charge in [-0.2, -0.15) is 0 Å². The summed E-state index contributed by atoms with van der Waals surface area (Å²) in [5.74, 6) is -0.254. The van der Waals surface area contributed by atoms with Gasteiger partial charge in [0.15, 0.2) is 19.0 Å². The van der Waals surface area contributed by atoms with Crippen molar-refractivity contribution in [3.8, 4) is 5.75 Å². The highest BCUT2D eigenvalue weighted by molar-refractivity contribution is 5.99. The van der Waals surface area contributed by atoms with Crippen molar-refractivity contribution in [1.82, 2.24) is 0 Å². The molecule has 0 atom stereocenters. The Morgan fingerprint density at radius 3 is 2.62 bits per heavy atom. The van der Waals surface area contributed by atoms with E-state index < -0.39 is 11.8 Å². The van der Waals surface area contributed by atoms with E-state index in [1.54, 1.807) is 18.2 Å². The van der Waals surface area contributed by atoms with Crippen molar-refractivity contribution in [3.05, 3.63) is 65.9 Å². The number of Topliss-reactive ketones (excluding diaryl/α,β-unsaturated/α-hetero) is 1. The fourth-order valence-electron chi connectivity index (χ4n) is 2.23. The molecule has 0 N–H and O–H groups in total. The van der Waals surface area contributed by atoms with Crippen LogP contribution in [0.1, 0.15) is 16.1 Å². The minimum Gasteiger partial charge on any atom is -0.482 e. The van der Waals surface area contributed by atoms with Crippen LogP contribution in [0.5, 0.6) is 5.75 Å². The maximum Gasteiger partial charge on any atom is 0.344 e. The maximum atomic E-state index is 12.0. The Bertz CT molecular complexity index is 845. The van der Waals surface area contributed by atoms with Crippen LogP contribution in [0.15, 0.2) is 59.0 Å². The first-order valence-electron chi connectivity index (χ1n) is 7.49. The van der Waals surface area contributed by atoms with Crippen molar-refractivity contribution in [3.63, 3.8) is 0 Å². The van der Waals surface area contributed by atoms with E-state index in [9.17, 15) is 9.59 Å². The lowest BCUT2D eigenvalue weighted by Gasteiger charge is -2.06. The summed E-state index contributed by atoms with van der Waals surface area (Å²) in [5, 5.41) is 0.829. The van der Waals surface area contributed by atoms with Gasteiger partial charge in [-0.15, -0.1) is 0 Å². The van der Waals surface area contributed by atoms with Crippen molar-refractivity contribution >= 4 is 22.7 Å². The number of ether oxygens (including phenoxy) is 2. The molecule has 3 aromatic rings. The van der Waals surface area contributed by atoms with E-state index in [0.717, 1.165) is 10.9 Å². The van der Waals surface area contributed by atoms with Gasteiger partial charge < -0.3 is 13.9 Å². The van der Waals surface area contributed by atoms with Crippen LogP contribution in [-0.4, -0.2) is 25.0 Å². The summed E-state index contributed by atoms with van der Waals surface area (Å²) in [6.45, 7) is 1.30. The van der Waals surface area contributed by atoms with Gasteiger partial charge in [0, 0.05) is 5.39 Å². The Morgan fingerprint density at radius 1 is 1.00 bits per heavy atom. The number of furan rings is 1. The monoisotopic (exact) mass is 324 g/mol. The van der Waals surface area contributed by atoms with Gasteiger partial charge in [0.05, 0.1) is 0 Å². The van der Waals surface area contributed by atoms with Crippen LogP contribution >= 0.6 is 0 Å². The van der Waals surface area contributed by atoms with E-state index in [2.05, 4.69) is 0 Å². The summed E-state index contributed by atoms with van der Waals surface area (Å²) < 4.78 is 15.7. The molecule has 0 saturated heterocycles. The minimum absolute atomic E-state index is 0.170. The lowest BCUT2D eigenvalue weighted by atomic mass is 10.2. The largest absolute Gasteiger partial charge is 0.482 e. The van der Waals surface area contributed by atoms with Crippen LogP contribution in [-0.2, 0) is 9.53 Å². The summed E-state index contributed by atoms with van der Waals surface area (Å²) in [4.78, 5) is 23.7. The highest BCUT2D eigenvalue weighted by Gasteiger charge is 2.15. The highest BCUT2D eigenvalue weighted by atomic mass is 16.6. The number of esters is 1. The number of ketones is 1. The Hall–Kier alpha value is -3.08. The molecule has 0 aliphatic rings. The van der Waals surface area contributed by atoms with Crippen molar-refractivity contribution in [1.29, 1.82) is 0 Å². The van der Waals surface area contributed by atoms with Gasteiger partial charge in [-0.3, -0.25) is 4.79 Å². The number of benzene rings is 2. The van der Waals surface area contributed by atoms with E-state index in [-0.39, 0.29) is 19.0 Å². The number of rotatable bonds is 6.